The van der Waals surface area contributed by atoms with E-state index in [2.05, 4.69) is 6.07 Å². The molecule has 1 unspecified atom stereocenters. The van der Waals surface area contributed by atoms with Crippen LogP contribution in [0, 0.1) is 0 Å². The second kappa shape index (κ2) is 9.00. The third kappa shape index (κ3) is 4.17. The Hall–Kier alpha value is -3.77. The van der Waals surface area contributed by atoms with Crippen molar-refractivity contribution >= 4 is 11.0 Å². The van der Waals surface area contributed by atoms with Crippen LogP contribution in [-0.2, 0) is 13.0 Å². The predicted molar refractivity (Wildman–Crippen MR) is 126 cm³/mol. The van der Waals surface area contributed by atoms with E-state index in [4.69, 9.17) is 18.6 Å². The van der Waals surface area contributed by atoms with Crippen molar-refractivity contribution in [3.63, 3.8) is 0 Å². The Morgan fingerprint density at radius 2 is 1.76 bits per heavy atom. The van der Waals surface area contributed by atoms with Crippen molar-refractivity contribution in [2.45, 2.75) is 13.0 Å². The molecule has 0 radical (unpaired) electrons. The summed E-state index contributed by atoms with van der Waals surface area (Å²) in [6.07, 6.45) is 0.859. The first kappa shape index (κ1) is 21.1. The van der Waals surface area contributed by atoms with Gasteiger partial charge >= 0.3 is 5.63 Å². The van der Waals surface area contributed by atoms with E-state index in [1.807, 2.05) is 54.6 Å². The number of benzene rings is 3. The number of quaternary nitrogens is 1. The lowest BCUT2D eigenvalue weighted by Crippen LogP contribution is -3.12. The van der Waals surface area contributed by atoms with Crippen molar-refractivity contribution in [1.29, 1.82) is 0 Å². The summed E-state index contributed by atoms with van der Waals surface area (Å²) in [5.74, 6) is 2.23. The monoisotopic (exact) mass is 444 g/mol. The molecule has 6 nitrogen and oxygen atoms in total. The van der Waals surface area contributed by atoms with Gasteiger partial charge in [-0.2, -0.15) is 0 Å². The Bertz CT molecular complexity index is 1350. The molecule has 1 aliphatic heterocycles. The molecule has 1 N–H and O–H groups in total. The second-order valence-electron chi connectivity index (χ2n) is 8.17. The van der Waals surface area contributed by atoms with Crippen LogP contribution in [0.2, 0.25) is 0 Å². The molecule has 2 heterocycles. The summed E-state index contributed by atoms with van der Waals surface area (Å²) in [5.41, 5.74) is 4.24. The molecule has 4 aromatic rings. The lowest BCUT2D eigenvalue weighted by molar-refractivity contribution is -0.932. The number of fused-ring (bicyclic) bond motifs is 3. The van der Waals surface area contributed by atoms with E-state index >= 15 is 0 Å². The van der Waals surface area contributed by atoms with Gasteiger partial charge in [-0.3, -0.25) is 4.90 Å². The smallest absolute Gasteiger partial charge is 0.336 e. The molecule has 0 aliphatic carbocycles. The number of methoxy groups -OCH3 is 2. The molecule has 5 rings (SSSR count). The maximum Gasteiger partial charge on any atom is 0.336 e. The van der Waals surface area contributed by atoms with Crippen molar-refractivity contribution in [3.8, 4) is 28.4 Å². The van der Waals surface area contributed by atoms with Crippen LogP contribution in [-0.4, -0.2) is 27.5 Å². The highest BCUT2D eigenvalue weighted by Gasteiger charge is 2.25. The largest absolute Gasteiger partial charge is 0.493 e. The molecule has 0 fully saturated rings. The lowest BCUT2D eigenvalue weighted by atomic mass is 9.99. The lowest BCUT2D eigenvalue weighted by Gasteiger charge is -2.26. The van der Waals surface area contributed by atoms with E-state index in [1.165, 1.54) is 10.5 Å². The molecule has 168 valence electrons. The fraction of sp³-hybridized carbons (Fsp3) is 0.222. The molecule has 3 aromatic carbocycles. The van der Waals surface area contributed by atoms with Crippen LogP contribution >= 0.6 is 0 Å². The minimum Gasteiger partial charge on any atom is -0.493 e. The Kier molecular flexibility index (Phi) is 5.75. The quantitative estimate of drug-likeness (QED) is 0.462. The Morgan fingerprint density at radius 1 is 0.939 bits per heavy atom. The number of rotatable bonds is 6. The maximum atomic E-state index is 12.4. The maximum absolute atomic E-state index is 12.4. The first-order valence-electron chi connectivity index (χ1n) is 11.0. The summed E-state index contributed by atoms with van der Waals surface area (Å²) in [4.78, 5) is 13.7. The van der Waals surface area contributed by atoms with Crippen LogP contribution in [0.1, 0.15) is 11.1 Å². The first-order chi connectivity index (χ1) is 16.2. The standard InChI is InChI=1S/C27H25NO5/c1-30-24-10-8-18(14-25(24)31-2)12-13-28-16-22-23(32-17-28)11-9-20-21(15-26(29)33-27(20)22)19-6-4-3-5-7-19/h3-11,14-15H,12-13,16-17H2,1-2H3/p+1. The molecule has 6 heteroatoms. The van der Waals surface area contributed by atoms with Crippen molar-refractivity contribution in [2.75, 3.05) is 27.5 Å². The molecule has 0 saturated carbocycles. The Labute approximate surface area is 191 Å². The van der Waals surface area contributed by atoms with Gasteiger partial charge in [-0.15, -0.1) is 0 Å². The van der Waals surface area contributed by atoms with Crippen LogP contribution in [0.3, 0.4) is 0 Å². The molecule has 0 saturated heterocycles. The molecule has 1 aliphatic rings. The van der Waals surface area contributed by atoms with E-state index in [1.54, 1.807) is 20.3 Å². The van der Waals surface area contributed by atoms with E-state index in [9.17, 15) is 4.79 Å². The normalized spacial score (nSPS) is 15.0. The van der Waals surface area contributed by atoms with E-state index in [0.717, 1.165) is 58.8 Å². The SMILES string of the molecule is COc1ccc(CC[NH+]2COc3ccc4c(-c5ccccc5)cc(=O)oc4c3C2)cc1OC. The van der Waals surface area contributed by atoms with Gasteiger partial charge in [0.1, 0.15) is 12.3 Å². The zero-order valence-corrected chi connectivity index (χ0v) is 18.7. The van der Waals surface area contributed by atoms with Crippen LogP contribution in [0.4, 0.5) is 0 Å². The van der Waals surface area contributed by atoms with E-state index < -0.39 is 0 Å². The number of nitrogens with one attached hydrogen (secondary N) is 1. The zero-order valence-electron chi connectivity index (χ0n) is 18.7. The average Bonchev–Trinajstić information content (AvgIpc) is 2.87. The minimum atomic E-state index is -0.354. The van der Waals surface area contributed by atoms with Gasteiger partial charge in [0, 0.05) is 17.9 Å². The molecule has 0 amide bonds. The molecule has 33 heavy (non-hydrogen) atoms. The summed E-state index contributed by atoms with van der Waals surface area (Å²) in [6.45, 7) is 2.16. The minimum absolute atomic E-state index is 0.354. The Balaban J connectivity index is 1.43. The highest BCUT2D eigenvalue weighted by Crippen LogP contribution is 2.34. The summed E-state index contributed by atoms with van der Waals surface area (Å²) >= 11 is 0. The van der Waals surface area contributed by atoms with Gasteiger partial charge in [-0.25, -0.2) is 4.79 Å². The third-order valence-electron chi connectivity index (χ3n) is 6.13. The summed E-state index contributed by atoms with van der Waals surface area (Å²) in [5, 5.41) is 0.921. The zero-order chi connectivity index (χ0) is 22.8. The van der Waals surface area contributed by atoms with Gasteiger partial charge in [-0.1, -0.05) is 36.4 Å². The van der Waals surface area contributed by atoms with Gasteiger partial charge < -0.3 is 18.6 Å². The van der Waals surface area contributed by atoms with E-state index in [-0.39, 0.29) is 5.63 Å². The molecule has 1 aromatic heterocycles. The highest BCUT2D eigenvalue weighted by molar-refractivity contribution is 5.95. The van der Waals surface area contributed by atoms with Crippen LogP contribution < -0.4 is 24.7 Å². The van der Waals surface area contributed by atoms with Crippen molar-refractivity contribution < 1.29 is 23.5 Å². The first-order valence-corrected chi connectivity index (χ1v) is 11.0. The van der Waals surface area contributed by atoms with Gasteiger partial charge in [0.2, 0.25) is 6.73 Å². The molecule has 0 bridgehead atoms. The van der Waals surface area contributed by atoms with Crippen molar-refractivity contribution in [2.24, 2.45) is 0 Å². The topological polar surface area (TPSA) is 62.3 Å². The summed E-state index contributed by atoms with van der Waals surface area (Å²) in [7, 11) is 3.28. The van der Waals surface area contributed by atoms with Crippen LogP contribution in [0.15, 0.2) is 75.9 Å². The third-order valence-corrected chi connectivity index (χ3v) is 6.13. The van der Waals surface area contributed by atoms with E-state index in [0.29, 0.717) is 12.3 Å². The predicted octanol–water partition coefficient (Wildman–Crippen LogP) is 3.45. The van der Waals surface area contributed by atoms with Crippen LogP contribution in [0.25, 0.3) is 22.1 Å². The second-order valence-corrected chi connectivity index (χ2v) is 8.17. The molecule has 0 spiro atoms. The fourth-order valence-electron chi connectivity index (χ4n) is 4.42. The summed E-state index contributed by atoms with van der Waals surface area (Å²) < 4.78 is 22.5. The summed E-state index contributed by atoms with van der Waals surface area (Å²) in [6, 6.07) is 21.4. The number of hydrogen-bond acceptors (Lipinski definition) is 5. The Morgan fingerprint density at radius 3 is 2.55 bits per heavy atom. The van der Waals surface area contributed by atoms with Crippen molar-refractivity contribution in [1.82, 2.24) is 0 Å². The van der Waals surface area contributed by atoms with Gasteiger partial charge in [-0.05, 0) is 41.0 Å². The molecule has 1 atom stereocenters. The molecular formula is C27H26NO5+. The number of ether oxygens (including phenoxy) is 3. The van der Waals surface area contributed by atoms with Gasteiger partial charge in [0.15, 0.2) is 17.1 Å². The molecular weight excluding hydrogens is 418 g/mol. The van der Waals surface area contributed by atoms with Crippen molar-refractivity contribution in [3.05, 3.63) is 88.3 Å². The fourth-order valence-corrected chi connectivity index (χ4v) is 4.42. The van der Waals surface area contributed by atoms with Gasteiger partial charge in [0.05, 0.1) is 26.3 Å². The van der Waals surface area contributed by atoms with Crippen LogP contribution in [0.5, 0.6) is 17.2 Å². The highest BCUT2D eigenvalue weighted by atomic mass is 16.5. The average molecular weight is 445 g/mol. The number of hydrogen-bond donors (Lipinski definition) is 1. The van der Waals surface area contributed by atoms with Gasteiger partial charge in [0.25, 0.3) is 0 Å².